The molecule has 0 amide bonds. The van der Waals surface area contributed by atoms with Gasteiger partial charge >= 0.3 is 11.9 Å². The van der Waals surface area contributed by atoms with Gasteiger partial charge < -0.3 is 21.7 Å². The van der Waals surface area contributed by atoms with Crippen molar-refractivity contribution < 1.29 is 19.8 Å². The summed E-state index contributed by atoms with van der Waals surface area (Å²) in [7, 11) is 0. The van der Waals surface area contributed by atoms with Crippen LogP contribution in [0.5, 0.6) is 0 Å². The molecule has 1 aromatic rings. The molecule has 6 heteroatoms. The van der Waals surface area contributed by atoms with Crippen LogP contribution in [0.15, 0.2) is 30.3 Å². The zero-order chi connectivity index (χ0) is 15.1. The first-order valence-electron chi connectivity index (χ1n) is 5.81. The van der Waals surface area contributed by atoms with Crippen molar-refractivity contribution in [3.8, 4) is 0 Å². The lowest BCUT2D eigenvalue weighted by Gasteiger charge is -2.23. The fraction of sp³-hybridized carbons (Fsp3) is 0.385. The van der Waals surface area contributed by atoms with Crippen LogP contribution in [-0.4, -0.2) is 28.2 Å². The first kappa shape index (κ1) is 17.1. The molecule has 0 bridgehead atoms. The number of carboxylic acid groups (broad SMARTS) is 2. The van der Waals surface area contributed by atoms with E-state index in [-0.39, 0.29) is 0 Å². The third-order valence-corrected chi connectivity index (χ3v) is 2.62. The number of benzene rings is 1. The Morgan fingerprint density at radius 2 is 1.68 bits per heavy atom. The van der Waals surface area contributed by atoms with Crippen molar-refractivity contribution in [3.63, 3.8) is 0 Å². The fourth-order valence-corrected chi connectivity index (χ4v) is 1.21. The standard InChI is InChI=1S/C10H13NO2.C3H7NO2/c1-2-10(11,9(12)13)8-6-4-3-5-7-8;1-2(4)3(5)6/h3-7H,2,11H2,1H3,(H,12,13);2H,4H2,1H3,(H,5,6)/t10-;2-/m00/s1. The van der Waals surface area contributed by atoms with Gasteiger partial charge in [0.25, 0.3) is 0 Å². The molecule has 0 spiro atoms. The molecule has 0 aromatic heterocycles. The Labute approximate surface area is 112 Å². The van der Waals surface area contributed by atoms with Crippen LogP contribution in [-0.2, 0) is 15.1 Å². The number of aliphatic carboxylic acids is 2. The van der Waals surface area contributed by atoms with Crippen molar-refractivity contribution in [2.75, 3.05) is 0 Å². The Balaban J connectivity index is 0.000000459. The first-order valence-corrected chi connectivity index (χ1v) is 5.81. The summed E-state index contributed by atoms with van der Waals surface area (Å²) in [5.41, 5.74) is 9.99. The van der Waals surface area contributed by atoms with Gasteiger partial charge in [-0.2, -0.15) is 0 Å². The molecule has 0 aliphatic rings. The molecule has 0 unspecified atom stereocenters. The number of nitrogens with two attached hydrogens (primary N) is 2. The average molecular weight is 268 g/mol. The third kappa shape index (κ3) is 5.07. The fourth-order valence-electron chi connectivity index (χ4n) is 1.21. The van der Waals surface area contributed by atoms with Crippen molar-refractivity contribution in [1.82, 2.24) is 0 Å². The van der Waals surface area contributed by atoms with Gasteiger partial charge in [-0.3, -0.25) is 4.79 Å². The van der Waals surface area contributed by atoms with E-state index in [9.17, 15) is 9.59 Å². The van der Waals surface area contributed by atoms with E-state index in [2.05, 4.69) is 0 Å². The quantitative estimate of drug-likeness (QED) is 0.638. The lowest BCUT2D eigenvalue weighted by molar-refractivity contribution is -0.144. The summed E-state index contributed by atoms with van der Waals surface area (Å²) < 4.78 is 0. The summed E-state index contributed by atoms with van der Waals surface area (Å²) in [5, 5.41) is 16.8. The van der Waals surface area contributed by atoms with Gasteiger partial charge in [-0.25, -0.2) is 4.79 Å². The molecule has 1 rings (SSSR count). The third-order valence-electron chi connectivity index (χ3n) is 2.62. The summed E-state index contributed by atoms with van der Waals surface area (Å²) in [6.07, 6.45) is 0.381. The van der Waals surface area contributed by atoms with Crippen molar-refractivity contribution in [2.24, 2.45) is 11.5 Å². The van der Waals surface area contributed by atoms with Gasteiger partial charge in [-0.1, -0.05) is 37.3 Å². The first-order chi connectivity index (χ1) is 8.75. The molecule has 19 heavy (non-hydrogen) atoms. The van der Waals surface area contributed by atoms with E-state index >= 15 is 0 Å². The van der Waals surface area contributed by atoms with Crippen LogP contribution in [0.1, 0.15) is 25.8 Å². The number of rotatable bonds is 4. The Bertz CT molecular complexity index is 420. The normalized spacial score (nSPS) is 14.5. The molecule has 0 saturated heterocycles. The molecule has 0 fully saturated rings. The predicted octanol–water partition coefficient (Wildman–Crippen LogP) is 0.753. The maximum absolute atomic E-state index is 10.9. The molecule has 0 heterocycles. The highest BCUT2D eigenvalue weighted by atomic mass is 16.4. The summed E-state index contributed by atoms with van der Waals surface area (Å²) >= 11 is 0. The second-order valence-electron chi connectivity index (χ2n) is 4.12. The van der Waals surface area contributed by atoms with Crippen LogP contribution in [0.2, 0.25) is 0 Å². The molecule has 6 N–H and O–H groups in total. The molecule has 0 aliphatic carbocycles. The van der Waals surface area contributed by atoms with Crippen molar-refractivity contribution in [3.05, 3.63) is 35.9 Å². The van der Waals surface area contributed by atoms with Gasteiger partial charge in [-0.05, 0) is 18.9 Å². The van der Waals surface area contributed by atoms with E-state index in [4.69, 9.17) is 21.7 Å². The molecule has 2 atom stereocenters. The minimum atomic E-state index is -1.25. The number of hydrogen-bond acceptors (Lipinski definition) is 4. The van der Waals surface area contributed by atoms with E-state index < -0.39 is 23.5 Å². The largest absolute Gasteiger partial charge is 0.480 e. The summed E-state index contributed by atoms with van der Waals surface area (Å²) in [6.45, 7) is 3.18. The Morgan fingerprint density at radius 3 is 1.95 bits per heavy atom. The van der Waals surface area contributed by atoms with Gasteiger partial charge in [-0.15, -0.1) is 0 Å². The Kier molecular flexibility index (Phi) is 6.74. The van der Waals surface area contributed by atoms with E-state index in [1.54, 1.807) is 31.2 Å². The van der Waals surface area contributed by atoms with Crippen LogP contribution < -0.4 is 11.5 Å². The smallest absolute Gasteiger partial charge is 0.328 e. The monoisotopic (exact) mass is 268 g/mol. The second kappa shape index (κ2) is 7.50. The Morgan fingerprint density at radius 1 is 1.26 bits per heavy atom. The zero-order valence-corrected chi connectivity index (χ0v) is 11.0. The molecule has 0 aliphatic heterocycles. The topological polar surface area (TPSA) is 127 Å². The SMILES string of the molecule is CC[C@@](N)(C(=O)O)c1ccccc1.C[C@H](N)C(=O)O. The zero-order valence-electron chi connectivity index (χ0n) is 11.0. The summed E-state index contributed by atoms with van der Waals surface area (Å²) in [4.78, 5) is 20.5. The minimum Gasteiger partial charge on any atom is -0.480 e. The molecular weight excluding hydrogens is 248 g/mol. The molecule has 0 radical (unpaired) electrons. The van der Waals surface area contributed by atoms with Crippen molar-refractivity contribution in [2.45, 2.75) is 31.8 Å². The van der Waals surface area contributed by atoms with E-state index in [0.717, 1.165) is 0 Å². The van der Waals surface area contributed by atoms with Crippen molar-refractivity contribution >= 4 is 11.9 Å². The van der Waals surface area contributed by atoms with Gasteiger partial charge in [0, 0.05) is 0 Å². The molecule has 0 saturated carbocycles. The van der Waals surface area contributed by atoms with Gasteiger partial charge in [0.1, 0.15) is 11.6 Å². The maximum atomic E-state index is 10.9. The Hall–Kier alpha value is -1.92. The highest BCUT2D eigenvalue weighted by Crippen LogP contribution is 2.21. The van der Waals surface area contributed by atoms with Crippen LogP contribution in [0.25, 0.3) is 0 Å². The number of carbonyl (C=O) groups is 2. The van der Waals surface area contributed by atoms with Crippen LogP contribution in [0.4, 0.5) is 0 Å². The summed E-state index contributed by atoms with van der Waals surface area (Å²) in [5.74, 6) is -1.95. The van der Waals surface area contributed by atoms with E-state index in [1.165, 1.54) is 6.92 Å². The average Bonchev–Trinajstić information content (AvgIpc) is 2.39. The van der Waals surface area contributed by atoms with E-state index in [0.29, 0.717) is 12.0 Å². The highest BCUT2D eigenvalue weighted by molar-refractivity contribution is 5.80. The maximum Gasteiger partial charge on any atom is 0.328 e. The van der Waals surface area contributed by atoms with E-state index in [1.807, 2.05) is 6.07 Å². The van der Waals surface area contributed by atoms with Crippen molar-refractivity contribution in [1.29, 1.82) is 0 Å². The highest BCUT2D eigenvalue weighted by Gasteiger charge is 2.33. The molecule has 106 valence electrons. The number of carboxylic acids is 2. The molecule has 6 nitrogen and oxygen atoms in total. The molecule has 1 aromatic carbocycles. The van der Waals surface area contributed by atoms with Crippen LogP contribution >= 0.6 is 0 Å². The van der Waals surface area contributed by atoms with Gasteiger partial charge in [0.2, 0.25) is 0 Å². The lowest BCUT2D eigenvalue weighted by atomic mass is 9.89. The second-order valence-corrected chi connectivity index (χ2v) is 4.12. The van der Waals surface area contributed by atoms with Crippen LogP contribution in [0, 0.1) is 0 Å². The molecular formula is C13H20N2O4. The van der Waals surface area contributed by atoms with Gasteiger partial charge in [0.05, 0.1) is 0 Å². The lowest BCUT2D eigenvalue weighted by Crippen LogP contribution is -2.44. The predicted molar refractivity (Wildman–Crippen MR) is 71.5 cm³/mol. The number of hydrogen-bond donors (Lipinski definition) is 4. The summed E-state index contributed by atoms with van der Waals surface area (Å²) in [6, 6.07) is 8.15. The van der Waals surface area contributed by atoms with Gasteiger partial charge in [0.15, 0.2) is 0 Å². The minimum absolute atomic E-state index is 0.381. The van der Waals surface area contributed by atoms with Crippen LogP contribution in [0.3, 0.4) is 0 Å².